The van der Waals surface area contributed by atoms with E-state index in [1.165, 1.54) is 62.9 Å². The zero-order chi connectivity index (χ0) is 25.6. The van der Waals surface area contributed by atoms with Crippen LogP contribution >= 0.6 is 0 Å². The van der Waals surface area contributed by atoms with Crippen molar-refractivity contribution in [2.45, 2.75) is 5.92 Å². The highest BCUT2D eigenvalue weighted by molar-refractivity contribution is 6.07. The van der Waals surface area contributed by atoms with Gasteiger partial charge in [0.1, 0.15) is 51.9 Å². The zero-order valence-corrected chi connectivity index (χ0v) is 19.1. The van der Waals surface area contributed by atoms with Gasteiger partial charge in [-0.15, -0.1) is 0 Å². The quantitative estimate of drug-likeness (QED) is 0.373. The van der Waals surface area contributed by atoms with Gasteiger partial charge in [-0.25, -0.2) is 0 Å². The molecule has 5 rings (SSSR count). The summed E-state index contributed by atoms with van der Waals surface area (Å²) in [6.45, 7) is -0.0685. The lowest BCUT2D eigenvalue weighted by Gasteiger charge is -2.27. The summed E-state index contributed by atoms with van der Waals surface area (Å²) in [6, 6.07) is 9.43. The third-order valence-corrected chi connectivity index (χ3v) is 5.88. The first-order valence-corrected chi connectivity index (χ1v) is 10.7. The molecule has 36 heavy (non-hydrogen) atoms. The van der Waals surface area contributed by atoms with E-state index in [0.29, 0.717) is 5.56 Å². The highest BCUT2D eigenvalue weighted by Gasteiger charge is 2.36. The van der Waals surface area contributed by atoms with E-state index in [0.717, 1.165) is 0 Å². The second kappa shape index (κ2) is 8.73. The van der Waals surface area contributed by atoms with E-state index in [-0.39, 0.29) is 69.1 Å². The Bertz CT molecular complexity index is 1570. The first kappa shape index (κ1) is 22.9. The molecule has 4 aromatic rings. The van der Waals surface area contributed by atoms with Crippen molar-refractivity contribution in [3.05, 3.63) is 70.1 Å². The largest absolute Gasteiger partial charge is 0.507 e. The molecule has 1 aliphatic rings. The topological polar surface area (TPSA) is 145 Å². The molecule has 184 valence electrons. The van der Waals surface area contributed by atoms with E-state index >= 15 is 0 Å². The number of ketones is 1. The highest BCUT2D eigenvalue weighted by atomic mass is 16.5. The van der Waals surface area contributed by atoms with Gasteiger partial charge in [0.15, 0.2) is 22.7 Å². The van der Waals surface area contributed by atoms with Crippen molar-refractivity contribution < 1.29 is 43.5 Å². The molecule has 0 saturated heterocycles. The summed E-state index contributed by atoms with van der Waals surface area (Å²) in [7, 11) is 2.76. The maximum atomic E-state index is 13.4. The number of benzene rings is 3. The number of Topliss-reactive ketones (excluding diaryl/α,β-unsaturated/α-hetero) is 1. The van der Waals surface area contributed by atoms with Gasteiger partial charge in [0.05, 0.1) is 26.4 Å². The third kappa shape index (κ3) is 3.68. The number of aromatic hydroxyl groups is 3. The molecule has 1 aliphatic heterocycles. The number of fused-ring (bicyclic) bond motifs is 2. The number of hydrogen-bond acceptors (Lipinski definition) is 10. The minimum Gasteiger partial charge on any atom is -0.507 e. The van der Waals surface area contributed by atoms with Crippen molar-refractivity contribution in [2.24, 2.45) is 0 Å². The Kier molecular flexibility index (Phi) is 5.56. The molecule has 0 fully saturated rings. The van der Waals surface area contributed by atoms with Crippen LogP contribution in [-0.2, 0) is 0 Å². The van der Waals surface area contributed by atoms with Crippen LogP contribution in [0.3, 0.4) is 0 Å². The molecule has 0 amide bonds. The van der Waals surface area contributed by atoms with Gasteiger partial charge in [-0.3, -0.25) is 9.59 Å². The molecule has 1 aromatic heterocycles. The van der Waals surface area contributed by atoms with Gasteiger partial charge in [0.2, 0.25) is 5.75 Å². The van der Waals surface area contributed by atoms with Crippen LogP contribution in [0, 0.1) is 0 Å². The van der Waals surface area contributed by atoms with E-state index in [1.54, 1.807) is 0 Å². The Morgan fingerprint density at radius 2 is 1.58 bits per heavy atom. The van der Waals surface area contributed by atoms with E-state index in [9.17, 15) is 24.9 Å². The first-order valence-electron chi connectivity index (χ1n) is 10.7. The first-order chi connectivity index (χ1) is 17.3. The van der Waals surface area contributed by atoms with Crippen LogP contribution in [0.25, 0.3) is 11.0 Å². The van der Waals surface area contributed by atoms with Gasteiger partial charge in [0, 0.05) is 35.9 Å². The van der Waals surface area contributed by atoms with Crippen LogP contribution in [0.1, 0.15) is 21.8 Å². The minimum atomic E-state index is -0.833. The Hall–Kier alpha value is -4.86. The molecule has 0 spiro atoms. The molecule has 3 N–H and O–H groups in total. The Morgan fingerprint density at radius 1 is 0.861 bits per heavy atom. The van der Waals surface area contributed by atoms with Crippen LogP contribution in [-0.4, -0.2) is 41.9 Å². The highest BCUT2D eigenvalue weighted by Crippen LogP contribution is 2.47. The number of rotatable bonds is 5. The fourth-order valence-electron chi connectivity index (χ4n) is 4.26. The molecule has 0 bridgehead atoms. The second-order valence-corrected chi connectivity index (χ2v) is 7.99. The Morgan fingerprint density at radius 3 is 2.33 bits per heavy atom. The maximum absolute atomic E-state index is 13.4. The molecular weight excluding hydrogens is 472 g/mol. The average Bonchev–Trinajstić information content (AvgIpc) is 2.84. The summed E-state index contributed by atoms with van der Waals surface area (Å²) in [4.78, 5) is 25.3. The van der Waals surface area contributed by atoms with Crippen molar-refractivity contribution in [3.63, 3.8) is 0 Å². The van der Waals surface area contributed by atoms with Gasteiger partial charge in [-0.1, -0.05) is 6.07 Å². The van der Waals surface area contributed by atoms with Crippen LogP contribution in [0.2, 0.25) is 0 Å². The van der Waals surface area contributed by atoms with Crippen LogP contribution in [0.15, 0.2) is 57.9 Å². The summed E-state index contributed by atoms with van der Waals surface area (Å²) < 4.78 is 27.4. The van der Waals surface area contributed by atoms with Gasteiger partial charge in [-0.05, 0) is 6.07 Å². The standard InChI is InChI=1S/C26H20O10/c1-32-25-14(3-4-17(28)26(25)33-2)15-11-35-21-10-13(8-19(30)23(21)24(15)31)36-12-7-18(29)22-16(27)5-6-34-20(22)9-12/h3-10,15,28-30H,11H2,1-2H3/t15-/m1/s1. The van der Waals surface area contributed by atoms with Crippen molar-refractivity contribution in [2.75, 3.05) is 20.8 Å². The predicted octanol–water partition coefficient (Wildman–Crippen LogP) is 4.08. The molecule has 10 heteroatoms. The Labute approximate surface area is 203 Å². The molecule has 0 saturated carbocycles. The number of phenolic OH excluding ortho intramolecular Hbond substituents is 3. The number of methoxy groups -OCH3 is 2. The number of carbonyl (C=O) groups excluding carboxylic acids is 1. The number of carbonyl (C=O) groups is 1. The van der Waals surface area contributed by atoms with E-state index < -0.39 is 17.1 Å². The third-order valence-electron chi connectivity index (χ3n) is 5.88. The van der Waals surface area contributed by atoms with Crippen molar-refractivity contribution in [1.82, 2.24) is 0 Å². The van der Waals surface area contributed by atoms with E-state index in [2.05, 4.69) is 0 Å². The number of hydrogen-bond donors (Lipinski definition) is 3. The number of phenols is 3. The second-order valence-electron chi connectivity index (χ2n) is 7.99. The molecular formula is C26H20O10. The minimum absolute atomic E-state index is 0.0133. The summed E-state index contributed by atoms with van der Waals surface area (Å²) in [5.74, 6) is -1.48. The van der Waals surface area contributed by atoms with Crippen molar-refractivity contribution in [3.8, 4) is 46.0 Å². The lowest BCUT2D eigenvalue weighted by molar-refractivity contribution is 0.0889. The van der Waals surface area contributed by atoms with Gasteiger partial charge in [0.25, 0.3) is 0 Å². The molecule has 10 nitrogen and oxygen atoms in total. The fourth-order valence-corrected chi connectivity index (χ4v) is 4.26. The molecule has 2 heterocycles. The van der Waals surface area contributed by atoms with Crippen LogP contribution < -0.4 is 24.4 Å². The summed E-state index contributed by atoms with van der Waals surface area (Å²) in [5.41, 5.74) is 0.0963. The lowest BCUT2D eigenvalue weighted by atomic mass is 9.87. The summed E-state index contributed by atoms with van der Waals surface area (Å²) in [5, 5.41) is 31.0. The van der Waals surface area contributed by atoms with Crippen LogP contribution in [0.5, 0.6) is 46.0 Å². The molecule has 0 unspecified atom stereocenters. The predicted molar refractivity (Wildman–Crippen MR) is 126 cm³/mol. The smallest absolute Gasteiger partial charge is 0.203 e. The van der Waals surface area contributed by atoms with E-state index in [4.69, 9.17) is 23.4 Å². The van der Waals surface area contributed by atoms with Crippen molar-refractivity contribution >= 4 is 16.8 Å². The normalized spacial score (nSPS) is 14.7. The average molecular weight is 492 g/mol. The van der Waals surface area contributed by atoms with Crippen molar-refractivity contribution in [1.29, 1.82) is 0 Å². The molecule has 0 aliphatic carbocycles. The fraction of sp³-hybridized carbons (Fsp3) is 0.154. The summed E-state index contributed by atoms with van der Waals surface area (Å²) >= 11 is 0. The van der Waals surface area contributed by atoms with E-state index in [1.807, 2.05) is 0 Å². The molecule has 1 atom stereocenters. The zero-order valence-electron chi connectivity index (χ0n) is 19.1. The Balaban J connectivity index is 1.49. The number of ether oxygens (including phenoxy) is 4. The lowest BCUT2D eigenvalue weighted by Crippen LogP contribution is -2.26. The summed E-state index contributed by atoms with van der Waals surface area (Å²) in [6.07, 6.45) is 1.20. The monoisotopic (exact) mass is 492 g/mol. The maximum Gasteiger partial charge on any atom is 0.203 e. The SMILES string of the molecule is COc1c(O)ccc([C@H]2COc3cc(Oc4cc(O)c5c(=O)ccoc5c4)cc(O)c3C2=O)c1OC. The van der Waals surface area contributed by atoms with Gasteiger partial charge in [-0.2, -0.15) is 0 Å². The van der Waals surface area contributed by atoms with Crippen LogP contribution in [0.4, 0.5) is 0 Å². The molecule has 3 aromatic carbocycles. The van der Waals surface area contributed by atoms with Gasteiger partial charge < -0.3 is 38.7 Å². The molecule has 0 radical (unpaired) electrons. The van der Waals surface area contributed by atoms with Gasteiger partial charge >= 0.3 is 0 Å².